The lowest BCUT2D eigenvalue weighted by molar-refractivity contribution is -0.219. The molecule has 3 aromatic rings. The number of carbonyl (C=O) groups is 4. The number of aliphatic hydroxyl groups is 2. The summed E-state index contributed by atoms with van der Waals surface area (Å²) in [6, 6.07) is 3.18. The Morgan fingerprint density at radius 2 is 1.72 bits per heavy atom. The van der Waals surface area contributed by atoms with Gasteiger partial charge in [0.2, 0.25) is 5.78 Å². The van der Waals surface area contributed by atoms with E-state index >= 15 is 4.39 Å². The summed E-state index contributed by atoms with van der Waals surface area (Å²) in [5.41, 5.74) is -3.66. The molecule has 8 atom stereocenters. The first-order valence-corrected chi connectivity index (χ1v) is 19.3. The number of ether oxygens (including phenoxy) is 3. The van der Waals surface area contributed by atoms with E-state index in [1.807, 2.05) is 0 Å². The van der Waals surface area contributed by atoms with Crippen LogP contribution in [0.2, 0.25) is 0 Å². The summed E-state index contributed by atoms with van der Waals surface area (Å²) in [6.45, 7) is 9.62. The molecule has 4 aliphatic carbocycles. The monoisotopic (exact) mass is 792 g/mol. The van der Waals surface area contributed by atoms with Gasteiger partial charge >= 0.3 is 17.8 Å². The number of benzene rings is 1. The van der Waals surface area contributed by atoms with E-state index < -0.39 is 76.2 Å². The number of halogens is 1. The van der Waals surface area contributed by atoms with Crippen LogP contribution >= 0.6 is 0 Å². The summed E-state index contributed by atoms with van der Waals surface area (Å²) in [5.74, 6) is -2.23. The zero-order chi connectivity index (χ0) is 41.2. The number of aliphatic hydroxyl groups excluding tert-OH is 1. The number of carbonyl (C=O) groups excluding carboxylic acids is 4. The summed E-state index contributed by atoms with van der Waals surface area (Å²) < 4.78 is 44.6. The summed E-state index contributed by atoms with van der Waals surface area (Å²) in [6.07, 6.45) is 2.16. The number of furan rings is 1. The highest BCUT2D eigenvalue weighted by Gasteiger charge is 2.75. The van der Waals surface area contributed by atoms with Crippen molar-refractivity contribution in [3.05, 3.63) is 63.2 Å². The minimum atomic E-state index is -2.10. The molecular weight excluding hydrogens is 743 g/mol. The highest BCUT2D eigenvalue weighted by atomic mass is 19.1. The molecule has 0 bridgehead atoms. The van der Waals surface area contributed by atoms with Gasteiger partial charge in [-0.25, -0.2) is 18.8 Å². The molecular formula is C42H49FN2O12. The molecule has 2 heterocycles. The van der Waals surface area contributed by atoms with Crippen molar-refractivity contribution >= 4 is 51.4 Å². The Morgan fingerprint density at radius 1 is 0.982 bits per heavy atom. The molecule has 0 spiro atoms. The van der Waals surface area contributed by atoms with Gasteiger partial charge in [0.15, 0.2) is 18.1 Å². The Hall–Kier alpha value is -4.86. The summed E-state index contributed by atoms with van der Waals surface area (Å²) >= 11 is 0. The number of hydrogen-bond donors (Lipinski definition) is 4. The van der Waals surface area contributed by atoms with E-state index in [-0.39, 0.29) is 38.6 Å². The maximum atomic E-state index is 17.4. The highest BCUT2D eigenvalue weighted by Crippen LogP contribution is 2.70. The van der Waals surface area contributed by atoms with E-state index in [0.29, 0.717) is 63.8 Å². The minimum absolute atomic E-state index is 0.00836. The minimum Gasteiger partial charge on any atom is -0.459 e. The van der Waals surface area contributed by atoms with Gasteiger partial charge in [-0.15, -0.1) is 0 Å². The van der Waals surface area contributed by atoms with Crippen LogP contribution in [0.15, 0.2) is 49.6 Å². The maximum absolute atomic E-state index is 17.4. The number of allylic oxidation sites excluding steroid dienone is 4. The molecule has 14 nitrogen and oxygen atoms in total. The quantitative estimate of drug-likeness (QED) is 0.145. The molecule has 1 aromatic carbocycles. The van der Waals surface area contributed by atoms with Gasteiger partial charge in [-0.1, -0.05) is 25.5 Å². The fourth-order valence-corrected chi connectivity index (χ4v) is 10.5. The highest BCUT2D eigenvalue weighted by molar-refractivity contribution is 6.07. The molecule has 57 heavy (non-hydrogen) atoms. The van der Waals surface area contributed by atoms with Crippen molar-refractivity contribution in [2.75, 3.05) is 38.3 Å². The zero-order valence-electron chi connectivity index (χ0n) is 32.9. The van der Waals surface area contributed by atoms with Crippen molar-refractivity contribution in [2.24, 2.45) is 28.6 Å². The van der Waals surface area contributed by atoms with E-state index in [1.165, 1.54) is 18.2 Å². The molecule has 306 valence electrons. The first-order chi connectivity index (χ1) is 26.9. The summed E-state index contributed by atoms with van der Waals surface area (Å²) in [5, 5.41) is 30.1. The van der Waals surface area contributed by atoms with Crippen LogP contribution < -0.4 is 16.3 Å². The lowest BCUT2D eigenvalue weighted by Gasteiger charge is -2.62. The molecule has 0 saturated heterocycles. The van der Waals surface area contributed by atoms with Gasteiger partial charge in [-0.2, -0.15) is 0 Å². The van der Waals surface area contributed by atoms with Crippen LogP contribution in [0, 0.1) is 49.4 Å². The van der Waals surface area contributed by atoms with Crippen LogP contribution in [0.3, 0.4) is 0 Å². The van der Waals surface area contributed by atoms with Crippen LogP contribution in [0.1, 0.15) is 63.3 Å². The largest absolute Gasteiger partial charge is 0.459 e. The Labute approximate surface area is 327 Å². The maximum Gasteiger partial charge on any atom is 0.411 e. The third kappa shape index (κ3) is 6.29. The van der Waals surface area contributed by atoms with Gasteiger partial charge in [-0.3, -0.25) is 14.9 Å². The fraction of sp³-hybridized carbons (Fsp3) is 0.548. The number of alkyl carbamates (subject to hydrolysis) is 1. The van der Waals surface area contributed by atoms with Gasteiger partial charge in [0.1, 0.15) is 29.1 Å². The summed E-state index contributed by atoms with van der Waals surface area (Å²) in [4.78, 5) is 62.9. The number of amides is 2. The van der Waals surface area contributed by atoms with Gasteiger partial charge in [0.25, 0.3) is 0 Å². The second-order valence-electron chi connectivity index (χ2n) is 16.5. The molecule has 0 radical (unpaired) electrons. The fourth-order valence-electron chi connectivity index (χ4n) is 10.5. The topological polar surface area (TPSA) is 204 Å². The SMILES string of the molecule is Cc1oc2c(C)c3oc(=O)cc(C)c3cc2c1NC(=O)OCCOCCNC(=O)OCC(=O)[C@@]1(O)[C@H](C)CC2C3CCC4=CC(=O)C=CC4(C)[C@@]3(F)C(O)CC21C. The third-order valence-electron chi connectivity index (χ3n) is 13.5. The number of ketones is 2. The predicted molar refractivity (Wildman–Crippen MR) is 204 cm³/mol. The van der Waals surface area contributed by atoms with Gasteiger partial charge in [-0.05, 0) is 89.0 Å². The molecule has 3 fully saturated rings. The molecule has 0 aliphatic heterocycles. The van der Waals surface area contributed by atoms with E-state index in [0.717, 1.165) is 5.56 Å². The Balaban J connectivity index is 0.864. The van der Waals surface area contributed by atoms with Crippen LogP contribution in [0.5, 0.6) is 0 Å². The second kappa shape index (κ2) is 14.5. The predicted octanol–water partition coefficient (Wildman–Crippen LogP) is 5.67. The van der Waals surface area contributed by atoms with Crippen LogP contribution in [-0.2, 0) is 23.8 Å². The number of nitrogens with one attached hydrogen (secondary N) is 2. The average molecular weight is 793 g/mol. The van der Waals surface area contributed by atoms with Crippen LogP contribution in [-0.4, -0.2) is 84.3 Å². The standard InChI is InChI=1S/C42H49FN2O12/c1-21-15-33(49)57-35-23(3)36-28(18-27(21)35)34(24(4)56-36)45-38(51)54-14-13-53-12-11-44-37(50)55-20-32(48)42(52)22(2)16-30-29-8-7-25-17-26(46)9-10-39(25,5)41(29,43)31(47)19-40(30,42)6/h9-10,15,17-18,22,29-31,47,52H,7-8,11-14,16,19-20H2,1-6H3,(H,44,50)(H,45,51)/t22-,29?,30?,31?,39?,40?,41+,42+/m1/s1. The molecule has 2 aromatic heterocycles. The molecule has 7 rings (SSSR count). The van der Waals surface area contributed by atoms with Crippen molar-refractivity contribution < 1.29 is 56.8 Å². The van der Waals surface area contributed by atoms with Crippen molar-refractivity contribution in [1.29, 1.82) is 0 Å². The number of Topliss-reactive ketones (excluding diaryl/α,β-unsaturated/α-hetero) is 1. The smallest absolute Gasteiger partial charge is 0.411 e. The van der Waals surface area contributed by atoms with E-state index in [2.05, 4.69) is 10.6 Å². The molecule has 5 unspecified atom stereocenters. The van der Waals surface area contributed by atoms with Gasteiger partial charge in [0.05, 0.1) is 25.0 Å². The number of anilines is 1. The first-order valence-electron chi connectivity index (χ1n) is 19.3. The van der Waals surface area contributed by atoms with Gasteiger partial charge < -0.3 is 38.6 Å². The molecule has 2 amide bonds. The number of alkyl halides is 1. The third-order valence-corrected chi connectivity index (χ3v) is 13.5. The van der Waals surface area contributed by atoms with E-state index in [1.54, 1.807) is 53.7 Å². The average Bonchev–Trinajstić information content (AvgIpc) is 3.57. The number of rotatable bonds is 10. The van der Waals surface area contributed by atoms with E-state index in [4.69, 9.17) is 23.0 Å². The Bertz CT molecular complexity index is 2290. The van der Waals surface area contributed by atoms with Gasteiger partial charge in [0, 0.05) is 45.7 Å². The zero-order valence-corrected chi connectivity index (χ0v) is 32.9. The van der Waals surface area contributed by atoms with Crippen LogP contribution in [0.4, 0.5) is 19.7 Å². The first kappa shape index (κ1) is 40.3. The number of aryl methyl sites for hydroxylation is 3. The van der Waals surface area contributed by atoms with Crippen molar-refractivity contribution in [1.82, 2.24) is 5.32 Å². The number of fused-ring (bicyclic) bond motifs is 7. The van der Waals surface area contributed by atoms with Crippen molar-refractivity contribution in [3.8, 4) is 0 Å². The Kier molecular flexibility index (Phi) is 10.3. The van der Waals surface area contributed by atoms with Crippen LogP contribution in [0.25, 0.3) is 21.9 Å². The lowest BCUT2D eigenvalue weighted by Crippen LogP contribution is -2.69. The second-order valence-corrected chi connectivity index (χ2v) is 16.5. The molecule has 4 N–H and O–H groups in total. The summed E-state index contributed by atoms with van der Waals surface area (Å²) in [7, 11) is 0. The molecule has 3 saturated carbocycles. The Morgan fingerprint density at radius 3 is 2.47 bits per heavy atom. The number of hydrogen-bond acceptors (Lipinski definition) is 12. The van der Waals surface area contributed by atoms with E-state index in [9.17, 15) is 34.2 Å². The van der Waals surface area contributed by atoms with Crippen molar-refractivity contribution in [2.45, 2.75) is 84.6 Å². The van der Waals surface area contributed by atoms with Crippen molar-refractivity contribution in [3.63, 3.8) is 0 Å². The normalized spacial score (nSPS) is 31.7. The molecule has 15 heteroatoms. The lowest BCUT2D eigenvalue weighted by atomic mass is 9.44. The molecule has 4 aliphatic rings.